The van der Waals surface area contributed by atoms with Crippen LogP contribution in [0.3, 0.4) is 0 Å². The van der Waals surface area contributed by atoms with Crippen molar-refractivity contribution in [1.29, 1.82) is 0 Å². The van der Waals surface area contributed by atoms with Gasteiger partial charge in [-0.2, -0.15) is 0 Å². The van der Waals surface area contributed by atoms with Gasteiger partial charge in [0, 0.05) is 13.0 Å². The molecule has 278 valence electrons. The summed E-state index contributed by atoms with van der Waals surface area (Å²) < 4.78 is 33.1. The number of allylic oxidation sites excluding steroid dienone is 4. The highest BCUT2D eigenvalue weighted by Crippen LogP contribution is 2.43. The van der Waals surface area contributed by atoms with E-state index in [9.17, 15) is 19.4 Å². The highest BCUT2D eigenvalue weighted by molar-refractivity contribution is 7.47. The monoisotopic (exact) mass is 690 g/mol. The fourth-order valence-electron chi connectivity index (χ4n) is 4.97. The molecule has 0 aromatic carbocycles. The molecule has 0 radical (unpaired) electrons. The molecule has 0 aromatic heterocycles. The van der Waals surface area contributed by atoms with E-state index in [-0.39, 0.29) is 19.6 Å². The molecular weight excluding hydrogens is 619 g/mol. The van der Waals surface area contributed by atoms with Gasteiger partial charge < -0.3 is 24.6 Å². The van der Waals surface area contributed by atoms with Gasteiger partial charge in [-0.05, 0) is 44.9 Å². The van der Waals surface area contributed by atoms with Crippen molar-refractivity contribution >= 4 is 13.8 Å². The molecule has 3 atom stereocenters. The molecule has 0 aliphatic heterocycles. The third-order valence-corrected chi connectivity index (χ3v) is 8.84. The van der Waals surface area contributed by atoms with Gasteiger partial charge in [-0.25, -0.2) is 4.57 Å². The predicted octanol–water partition coefficient (Wildman–Crippen LogP) is 9.53. The fourth-order valence-corrected chi connectivity index (χ4v) is 5.76. The first-order chi connectivity index (χ1) is 22.8. The van der Waals surface area contributed by atoms with Crippen LogP contribution in [0.1, 0.15) is 162 Å². The predicted molar refractivity (Wildman–Crippen MR) is 191 cm³/mol. The minimum Gasteiger partial charge on any atom is -0.457 e. The van der Waals surface area contributed by atoms with Gasteiger partial charge in [0.25, 0.3) is 0 Å². The van der Waals surface area contributed by atoms with Crippen molar-refractivity contribution in [2.24, 2.45) is 0 Å². The molecule has 10 heteroatoms. The smallest absolute Gasteiger partial charge is 0.457 e. The molecule has 0 saturated carbocycles. The lowest BCUT2D eigenvalue weighted by Crippen LogP contribution is -2.29. The van der Waals surface area contributed by atoms with E-state index in [2.05, 4.69) is 38.2 Å². The number of aliphatic hydroxyl groups is 2. The molecule has 0 bridgehead atoms. The van der Waals surface area contributed by atoms with Crippen LogP contribution in [0, 0.1) is 0 Å². The topological polar surface area (TPSA) is 132 Å². The fraction of sp³-hybridized carbons (Fsp3) is 0.865. The highest BCUT2D eigenvalue weighted by atomic mass is 31.2. The van der Waals surface area contributed by atoms with Crippen LogP contribution in [0.2, 0.25) is 0 Å². The molecule has 0 saturated heterocycles. The van der Waals surface area contributed by atoms with E-state index in [1.807, 2.05) is 0 Å². The normalized spacial score (nSPS) is 14.6. The van der Waals surface area contributed by atoms with E-state index in [0.29, 0.717) is 6.61 Å². The lowest BCUT2D eigenvalue weighted by Gasteiger charge is -2.20. The van der Waals surface area contributed by atoms with E-state index in [1.165, 1.54) is 83.5 Å². The van der Waals surface area contributed by atoms with Crippen LogP contribution in [0.25, 0.3) is 0 Å². The Morgan fingerprint density at radius 3 is 1.74 bits per heavy atom. The van der Waals surface area contributed by atoms with Crippen molar-refractivity contribution < 1.29 is 43.0 Å². The summed E-state index contributed by atoms with van der Waals surface area (Å²) in [6.07, 6.45) is 32.8. The van der Waals surface area contributed by atoms with E-state index in [4.69, 9.17) is 23.6 Å². The van der Waals surface area contributed by atoms with Crippen LogP contribution >= 0.6 is 7.82 Å². The quantitative estimate of drug-likeness (QED) is 0.0254. The molecule has 0 aliphatic rings. The lowest BCUT2D eigenvalue weighted by molar-refractivity contribution is -0.154. The zero-order valence-electron chi connectivity index (χ0n) is 30.0. The zero-order valence-corrected chi connectivity index (χ0v) is 30.9. The summed E-state index contributed by atoms with van der Waals surface area (Å²) in [5.41, 5.74) is 0. The Morgan fingerprint density at radius 1 is 0.660 bits per heavy atom. The van der Waals surface area contributed by atoms with Crippen molar-refractivity contribution in [2.45, 2.75) is 174 Å². The molecule has 0 rings (SSSR count). The Hall–Kier alpha value is -1.06. The van der Waals surface area contributed by atoms with Crippen molar-refractivity contribution in [2.75, 3.05) is 33.0 Å². The van der Waals surface area contributed by atoms with Crippen LogP contribution in [-0.4, -0.2) is 66.3 Å². The van der Waals surface area contributed by atoms with Gasteiger partial charge in [-0.3, -0.25) is 13.8 Å². The summed E-state index contributed by atoms with van der Waals surface area (Å²) >= 11 is 0. The van der Waals surface area contributed by atoms with Crippen molar-refractivity contribution in [3.63, 3.8) is 0 Å². The van der Waals surface area contributed by atoms with Crippen LogP contribution < -0.4 is 0 Å². The second-order valence-electron chi connectivity index (χ2n) is 12.6. The van der Waals surface area contributed by atoms with E-state index in [0.717, 1.165) is 57.8 Å². The van der Waals surface area contributed by atoms with E-state index in [1.54, 1.807) is 0 Å². The highest BCUT2D eigenvalue weighted by Gasteiger charge is 2.26. The standard InChI is InChI=1S/C37H71O9P/c1-3-5-7-9-11-13-14-15-16-17-18-19-20-21-23-25-27-29-37(40)46-36(34-45-47(41,42)44-32-35(39)31-38)33-43-30-28-26-24-22-12-10-8-6-4-2/h11,13,15-16,35-36,38-39H,3-10,12,14,17-34H2,1-2H3,(H,41,42)/b13-11-,16-15-. The molecule has 3 unspecified atom stereocenters. The summed E-state index contributed by atoms with van der Waals surface area (Å²) in [4.78, 5) is 22.4. The van der Waals surface area contributed by atoms with Gasteiger partial charge in [0.15, 0.2) is 0 Å². The minimum absolute atomic E-state index is 0.0486. The summed E-state index contributed by atoms with van der Waals surface area (Å²) in [6.45, 7) is 3.46. The number of carbonyl (C=O) groups is 1. The Kier molecular flexibility index (Phi) is 34.0. The van der Waals surface area contributed by atoms with Crippen molar-refractivity contribution in [3.8, 4) is 0 Å². The molecule has 0 aromatic rings. The number of carbonyl (C=O) groups excluding carboxylic acids is 1. The molecule has 0 heterocycles. The number of esters is 1. The number of phosphoric acid groups is 1. The van der Waals surface area contributed by atoms with Gasteiger partial charge in [-0.1, -0.05) is 134 Å². The number of aliphatic hydroxyl groups excluding tert-OH is 2. The number of hydrogen-bond donors (Lipinski definition) is 3. The third kappa shape index (κ3) is 34.6. The summed E-state index contributed by atoms with van der Waals surface area (Å²) in [6, 6.07) is 0. The maximum Gasteiger partial charge on any atom is 0.472 e. The Morgan fingerprint density at radius 2 is 1.15 bits per heavy atom. The molecule has 0 spiro atoms. The molecule has 0 amide bonds. The van der Waals surface area contributed by atoms with Crippen molar-refractivity contribution in [3.05, 3.63) is 24.3 Å². The number of phosphoric ester groups is 1. The first-order valence-electron chi connectivity index (χ1n) is 18.8. The minimum atomic E-state index is -4.50. The second-order valence-corrected chi connectivity index (χ2v) is 14.1. The molecule has 47 heavy (non-hydrogen) atoms. The third-order valence-electron chi connectivity index (χ3n) is 7.89. The largest absolute Gasteiger partial charge is 0.472 e. The number of unbranched alkanes of at least 4 members (excludes halogenated alkanes) is 18. The maximum absolute atomic E-state index is 12.5. The van der Waals surface area contributed by atoms with E-state index < -0.39 is 39.2 Å². The summed E-state index contributed by atoms with van der Waals surface area (Å²) in [5.74, 6) is -0.391. The molecular formula is C37H71O9P. The first kappa shape index (κ1) is 45.9. The van der Waals surface area contributed by atoms with Crippen LogP contribution in [0.5, 0.6) is 0 Å². The molecule has 0 fully saturated rings. The van der Waals surface area contributed by atoms with Gasteiger partial charge in [0.2, 0.25) is 0 Å². The Bertz CT molecular complexity index is 790. The zero-order chi connectivity index (χ0) is 34.7. The van der Waals surface area contributed by atoms with Crippen LogP contribution in [-0.2, 0) is 27.9 Å². The van der Waals surface area contributed by atoms with Gasteiger partial charge in [-0.15, -0.1) is 0 Å². The lowest BCUT2D eigenvalue weighted by atomic mass is 10.1. The van der Waals surface area contributed by atoms with E-state index >= 15 is 0 Å². The Labute approximate surface area is 287 Å². The molecule has 3 N–H and O–H groups in total. The summed E-state index contributed by atoms with van der Waals surface area (Å²) in [5, 5.41) is 18.2. The first-order valence-corrected chi connectivity index (χ1v) is 20.3. The number of ether oxygens (including phenoxy) is 2. The number of hydrogen-bond acceptors (Lipinski definition) is 8. The second kappa shape index (κ2) is 34.8. The van der Waals surface area contributed by atoms with Gasteiger partial charge >= 0.3 is 13.8 Å². The molecule has 0 aliphatic carbocycles. The average Bonchev–Trinajstić information content (AvgIpc) is 3.06. The summed E-state index contributed by atoms with van der Waals surface area (Å²) in [7, 11) is -4.50. The SMILES string of the molecule is CCCCC/C=C\C/C=C\CCCCCCCCCC(=O)OC(COCCCCCCCCCCC)COP(=O)(O)OCC(O)CO. The average molecular weight is 691 g/mol. The van der Waals surface area contributed by atoms with Crippen molar-refractivity contribution in [1.82, 2.24) is 0 Å². The van der Waals surface area contributed by atoms with Crippen LogP contribution in [0.4, 0.5) is 0 Å². The molecule has 9 nitrogen and oxygen atoms in total. The van der Waals surface area contributed by atoms with Gasteiger partial charge in [0.05, 0.1) is 26.4 Å². The van der Waals surface area contributed by atoms with Crippen LogP contribution in [0.15, 0.2) is 24.3 Å². The Balaban J connectivity index is 4.20. The maximum atomic E-state index is 12.5. The van der Waals surface area contributed by atoms with Gasteiger partial charge in [0.1, 0.15) is 12.2 Å². The number of rotatable bonds is 36.